The Bertz CT molecular complexity index is 3130. The van der Waals surface area contributed by atoms with Crippen molar-refractivity contribution in [1.82, 2.24) is 0 Å². The van der Waals surface area contributed by atoms with Crippen LogP contribution in [0.5, 0.6) is 5.75 Å². The minimum Gasteiger partial charge on any atom is -0.485 e. The first kappa shape index (κ1) is 41.5. The van der Waals surface area contributed by atoms with E-state index in [0.29, 0.717) is 17.8 Å². The maximum absolute atomic E-state index is 6.06. The number of aryl methyl sites for hydroxylation is 2. The summed E-state index contributed by atoms with van der Waals surface area (Å²) in [5, 5.41) is 2.73. The molecular formula is C62H56OS. The predicted molar refractivity (Wildman–Crippen MR) is 275 cm³/mol. The third kappa shape index (κ3) is 7.79. The van der Waals surface area contributed by atoms with Gasteiger partial charge in [0, 0.05) is 43.0 Å². The number of allylic oxidation sites excluding steroid dienone is 6. The quantitative estimate of drug-likeness (QED) is 0.171. The minimum absolute atomic E-state index is 0.138. The van der Waals surface area contributed by atoms with Crippen molar-refractivity contribution in [3.05, 3.63) is 239 Å². The Morgan fingerprint density at radius 2 is 1.30 bits per heavy atom. The molecule has 2 heterocycles. The summed E-state index contributed by atoms with van der Waals surface area (Å²) in [7, 11) is 0. The van der Waals surface area contributed by atoms with Crippen molar-refractivity contribution >= 4 is 37.1 Å². The van der Waals surface area contributed by atoms with Crippen molar-refractivity contribution in [1.29, 1.82) is 0 Å². The Morgan fingerprint density at radius 3 is 2.11 bits per heavy atom. The number of hydrogen-bond acceptors (Lipinski definition) is 2. The third-order valence-electron chi connectivity index (χ3n) is 13.8. The summed E-state index contributed by atoms with van der Waals surface area (Å²) in [5.74, 6) is 2.45. The van der Waals surface area contributed by atoms with Gasteiger partial charge in [0.2, 0.25) is 0 Å². The van der Waals surface area contributed by atoms with E-state index in [9.17, 15) is 0 Å². The minimum atomic E-state index is 0.138. The van der Waals surface area contributed by atoms with E-state index in [1.165, 1.54) is 86.9 Å². The Hall–Kier alpha value is -6.48. The number of thiophene rings is 1. The molecule has 1 aromatic heterocycles. The van der Waals surface area contributed by atoms with E-state index in [1.54, 1.807) is 5.57 Å². The number of ether oxygens (including phenoxy) is 1. The molecule has 7 aromatic carbocycles. The molecule has 0 amide bonds. The average molecular weight is 849 g/mol. The second kappa shape index (κ2) is 17.2. The fraction of sp³-hybridized carbons (Fsp3) is 0.194. The lowest BCUT2D eigenvalue weighted by Crippen LogP contribution is -2.17. The summed E-state index contributed by atoms with van der Waals surface area (Å²) in [5.41, 5.74) is 18.2. The first-order valence-corrected chi connectivity index (χ1v) is 23.8. The zero-order valence-electron chi connectivity index (χ0n) is 37.8. The van der Waals surface area contributed by atoms with Gasteiger partial charge in [-0.05, 0) is 118 Å². The molecule has 1 nitrogen and oxygen atoms in total. The molecular weight excluding hydrogens is 793 g/mol. The van der Waals surface area contributed by atoms with Gasteiger partial charge in [-0.1, -0.05) is 197 Å². The first-order chi connectivity index (χ1) is 31.1. The van der Waals surface area contributed by atoms with E-state index in [4.69, 9.17) is 4.74 Å². The molecule has 12 rings (SSSR count). The summed E-state index contributed by atoms with van der Waals surface area (Å²) >= 11 is 1.87. The SMILES string of the molecule is CC(C)c1ccc(-c2ccc3sc4ccccc4c3c2)cc1.Cc1ccc(-c2cccc3c2C2C=CC=CC2O3)cc1.Cc1ccccc1C1C=CC2=C(C1)c1ccccc1C2(C)C. The van der Waals surface area contributed by atoms with Gasteiger partial charge in [0.1, 0.15) is 11.9 Å². The smallest absolute Gasteiger partial charge is 0.128 e. The normalized spacial score (nSPS) is 18.4. The fourth-order valence-electron chi connectivity index (χ4n) is 10.3. The van der Waals surface area contributed by atoms with E-state index in [-0.39, 0.29) is 11.5 Å². The van der Waals surface area contributed by atoms with Crippen molar-refractivity contribution in [2.75, 3.05) is 0 Å². The van der Waals surface area contributed by atoms with Crippen LogP contribution in [0.25, 0.3) is 48.0 Å². The standard InChI is InChI=1S/C22H22.C21H18S.C19H16O/c1-15-8-4-5-9-17(15)16-12-13-21-19(14-16)18-10-6-7-11-20(18)22(21,2)3;1-14(2)15-7-9-16(10-8-15)17-11-12-21-19(13-17)18-5-3-4-6-20(18)22-21;1-13-9-11-14(12-10-13)15-6-4-8-18-19(15)16-5-2-3-7-17(16)20-18/h4-13,16H,14H2,1-3H3;3-14H,1-2H3;2-12,16-17H,1H3. The molecule has 64 heavy (non-hydrogen) atoms. The summed E-state index contributed by atoms with van der Waals surface area (Å²) in [4.78, 5) is 0. The van der Waals surface area contributed by atoms with Crippen molar-refractivity contribution < 1.29 is 4.74 Å². The molecule has 3 unspecified atom stereocenters. The molecule has 0 spiro atoms. The van der Waals surface area contributed by atoms with Gasteiger partial charge in [-0.2, -0.15) is 0 Å². The number of rotatable bonds is 4. The van der Waals surface area contributed by atoms with Gasteiger partial charge in [0.15, 0.2) is 0 Å². The van der Waals surface area contributed by atoms with Gasteiger partial charge < -0.3 is 4.74 Å². The molecule has 0 N–H and O–H groups in total. The van der Waals surface area contributed by atoms with Crippen LogP contribution in [0.15, 0.2) is 200 Å². The van der Waals surface area contributed by atoms with E-state index in [0.717, 1.165) is 12.2 Å². The van der Waals surface area contributed by atoms with Gasteiger partial charge in [-0.25, -0.2) is 0 Å². The molecule has 3 atom stereocenters. The predicted octanol–water partition coefficient (Wildman–Crippen LogP) is 17.3. The number of fused-ring (bicyclic) bond motifs is 8. The second-order valence-corrected chi connectivity index (χ2v) is 19.7. The molecule has 0 saturated heterocycles. The highest BCUT2D eigenvalue weighted by atomic mass is 32.1. The number of benzene rings is 7. The summed E-state index contributed by atoms with van der Waals surface area (Å²) in [6.45, 7) is 13.5. The van der Waals surface area contributed by atoms with Crippen molar-refractivity contribution in [3.63, 3.8) is 0 Å². The Kier molecular flexibility index (Phi) is 11.2. The molecule has 8 aromatic rings. The highest BCUT2D eigenvalue weighted by molar-refractivity contribution is 7.25. The fourth-order valence-corrected chi connectivity index (χ4v) is 11.3. The van der Waals surface area contributed by atoms with Gasteiger partial charge in [-0.15, -0.1) is 11.3 Å². The van der Waals surface area contributed by atoms with Crippen LogP contribution in [0.2, 0.25) is 0 Å². The van der Waals surface area contributed by atoms with E-state index >= 15 is 0 Å². The second-order valence-electron chi connectivity index (χ2n) is 18.6. The van der Waals surface area contributed by atoms with Crippen molar-refractivity contribution in [2.45, 2.75) is 77.2 Å². The Labute approximate surface area is 383 Å². The van der Waals surface area contributed by atoms with Gasteiger partial charge >= 0.3 is 0 Å². The summed E-state index contributed by atoms with van der Waals surface area (Å²) < 4.78 is 8.79. The highest BCUT2D eigenvalue weighted by Crippen LogP contribution is 2.52. The zero-order chi connectivity index (χ0) is 44.0. The van der Waals surface area contributed by atoms with E-state index < -0.39 is 0 Å². The molecule has 0 saturated carbocycles. The molecule has 3 aliphatic carbocycles. The summed E-state index contributed by atoms with van der Waals surface area (Å²) in [6.07, 6.45) is 14.6. The summed E-state index contributed by atoms with van der Waals surface area (Å²) in [6, 6.07) is 57.3. The molecule has 1 aliphatic heterocycles. The van der Waals surface area contributed by atoms with Gasteiger partial charge in [-0.3, -0.25) is 0 Å². The maximum Gasteiger partial charge on any atom is 0.128 e. The first-order valence-electron chi connectivity index (χ1n) is 22.9. The molecule has 316 valence electrons. The molecule has 2 heteroatoms. The molecule has 0 fully saturated rings. The van der Waals surface area contributed by atoms with Crippen molar-refractivity contribution in [2.24, 2.45) is 0 Å². The topological polar surface area (TPSA) is 9.23 Å². The highest BCUT2D eigenvalue weighted by Gasteiger charge is 2.38. The van der Waals surface area contributed by atoms with Gasteiger partial charge in [0.25, 0.3) is 0 Å². The average Bonchev–Trinajstić information content (AvgIpc) is 3.97. The lowest BCUT2D eigenvalue weighted by atomic mass is 9.77. The molecule has 0 radical (unpaired) electrons. The van der Waals surface area contributed by atoms with Crippen LogP contribution in [0.3, 0.4) is 0 Å². The Morgan fingerprint density at radius 1 is 0.609 bits per heavy atom. The molecule has 4 aliphatic rings. The monoisotopic (exact) mass is 848 g/mol. The van der Waals surface area contributed by atoms with E-state index in [2.05, 4.69) is 236 Å². The lowest BCUT2D eigenvalue weighted by molar-refractivity contribution is 0.269. The van der Waals surface area contributed by atoms with Crippen LogP contribution in [0, 0.1) is 13.8 Å². The third-order valence-corrected chi connectivity index (χ3v) is 15.0. The van der Waals surface area contributed by atoms with Crippen LogP contribution in [-0.4, -0.2) is 6.10 Å². The van der Waals surface area contributed by atoms with E-state index in [1.807, 2.05) is 11.3 Å². The maximum atomic E-state index is 6.06. The van der Waals surface area contributed by atoms with Crippen LogP contribution >= 0.6 is 11.3 Å². The lowest BCUT2D eigenvalue weighted by Gasteiger charge is -2.26. The van der Waals surface area contributed by atoms with Crippen molar-refractivity contribution in [3.8, 4) is 28.0 Å². The van der Waals surface area contributed by atoms with Gasteiger partial charge in [0.05, 0.1) is 0 Å². The van der Waals surface area contributed by atoms with Crippen LogP contribution in [-0.2, 0) is 5.41 Å². The zero-order valence-corrected chi connectivity index (χ0v) is 38.6. The van der Waals surface area contributed by atoms with Crippen LogP contribution in [0.1, 0.15) is 90.8 Å². The van der Waals surface area contributed by atoms with Crippen LogP contribution in [0.4, 0.5) is 0 Å². The largest absolute Gasteiger partial charge is 0.485 e. The van der Waals surface area contributed by atoms with Crippen LogP contribution < -0.4 is 4.74 Å². The number of hydrogen-bond donors (Lipinski definition) is 0. The molecule has 0 bridgehead atoms. The Balaban J connectivity index is 0.000000114.